The highest BCUT2D eigenvalue weighted by Crippen LogP contribution is 2.23. The molecule has 0 aliphatic heterocycles. The Labute approximate surface area is 149 Å². The van der Waals surface area contributed by atoms with Crippen molar-refractivity contribution in [3.05, 3.63) is 52.9 Å². The summed E-state index contributed by atoms with van der Waals surface area (Å²) in [4.78, 5) is 30.9. The molecule has 0 atom stereocenters. The number of rotatable bonds is 6. The Morgan fingerprint density at radius 3 is 2.76 bits per heavy atom. The van der Waals surface area contributed by atoms with E-state index in [0.717, 1.165) is 0 Å². The third-order valence-corrected chi connectivity index (χ3v) is 3.04. The van der Waals surface area contributed by atoms with E-state index in [1.54, 1.807) is 25.3 Å². The predicted molar refractivity (Wildman–Crippen MR) is 90.6 cm³/mol. The zero-order valence-corrected chi connectivity index (χ0v) is 14.3. The fourth-order valence-corrected chi connectivity index (χ4v) is 2.02. The summed E-state index contributed by atoms with van der Waals surface area (Å²) in [5.41, 5.74) is 0.838. The maximum absolute atomic E-state index is 11.6. The molecule has 0 N–H and O–H groups in total. The minimum absolute atomic E-state index is 0.0872. The van der Waals surface area contributed by atoms with Crippen molar-refractivity contribution in [2.45, 2.75) is 6.92 Å². The lowest BCUT2D eigenvalue weighted by Crippen LogP contribution is -2.02. The molecule has 0 bridgehead atoms. The number of methoxy groups -OCH3 is 1. The zero-order valence-electron chi connectivity index (χ0n) is 13.6. The first kappa shape index (κ1) is 18.4. The Hall–Kier alpha value is -2.93. The van der Waals surface area contributed by atoms with E-state index in [-0.39, 0.29) is 16.6 Å². The quantitative estimate of drug-likeness (QED) is 0.442. The van der Waals surface area contributed by atoms with E-state index in [9.17, 15) is 9.59 Å². The average Bonchev–Trinajstić information content (AvgIpc) is 2.59. The van der Waals surface area contributed by atoms with Crippen LogP contribution in [-0.2, 0) is 14.3 Å². The van der Waals surface area contributed by atoms with Gasteiger partial charge in [0.1, 0.15) is 10.9 Å². The molecule has 130 valence electrons. The summed E-state index contributed by atoms with van der Waals surface area (Å²) in [7, 11) is 1.26. The molecule has 2 rings (SSSR count). The number of hydrogen-bond donors (Lipinski definition) is 0. The first-order valence-corrected chi connectivity index (χ1v) is 7.63. The van der Waals surface area contributed by atoms with Crippen LogP contribution in [0.1, 0.15) is 22.8 Å². The lowest BCUT2D eigenvalue weighted by Gasteiger charge is -2.07. The van der Waals surface area contributed by atoms with Crippen LogP contribution in [-0.4, -0.2) is 35.6 Å². The van der Waals surface area contributed by atoms with Crippen LogP contribution in [0.3, 0.4) is 0 Å². The van der Waals surface area contributed by atoms with Crippen LogP contribution in [0.4, 0.5) is 0 Å². The number of carbonyl (C=O) groups is 2. The van der Waals surface area contributed by atoms with E-state index in [2.05, 4.69) is 14.7 Å². The maximum Gasteiger partial charge on any atom is 0.338 e. The number of hydrogen-bond acceptors (Lipinski definition) is 7. The van der Waals surface area contributed by atoms with Crippen molar-refractivity contribution in [1.82, 2.24) is 9.97 Å². The van der Waals surface area contributed by atoms with Gasteiger partial charge in [-0.1, -0.05) is 11.6 Å². The molecule has 2 aromatic rings. The number of esters is 2. The second kappa shape index (κ2) is 8.79. The zero-order chi connectivity index (χ0) is 18.2. The van der Waals surface area contributed by atoms with Gasteiger partial charge in [0.15, 0.2) is 0 Å². The van der Waals surface area contributed by atoms with Crippen LogP contribution in [0.2, 0.25) is 5.15 Å². The van der Waals surface area contributed by atoms with Gasteiger partial charge in [-0.3, -0.25) is 4.98 Å². The van der Waals surface area contributed by atoms with Crippen molar-refractivity contribution in [3.8, 4) is 11.6 Å². The third-order valence-electron chi connectivity index (χ3n) is 2.85. The molecule has 8 heteroatoms. The van der Waals surface area contributed by atoms with E-state index in [1.807, 2.05) is 0 Å². The highest BCUT2D eigenvalue weighted by molar-refractivity contribution is 6.29. The summed E-state index contributed by atoms with van der Waals surface area (Å²) in [6.07, 6.45) is 5.84. The minimum Gasteiger partial charge on any atom is -0.465 e. The number of nitrogens with zero attached hydrogens (tertiary/aromatic N) is 2. The van der Waals surface area contributed by atoms with Crippen LogP contribution in [0, 0.1) is 0 Å². The summed E-state index contributed by atoms with van der Waals surface area (Å²) in [6.45, 7) is 2.02. The summed E-state index contributed by atoms with van der Waals surface area (Å²) in [5.74, 6) is -0.538. The topological polar surface area (TPSA) is 87.6 Å². The molecule has 0 aliphatic carbocycles. The lowest BCUT2D eigenvalue weighted by atomic mass is 10.2. The second-order valence-corrected chi connectivity index (χ2v) is 5.04. The first-order chi connectivity index (χ1) is 12.0. The van der Waals surface area contributed by atoms with Gasteiger partial charge < -0.3 is 14.2 Å². The Morgan fingerprint density at radius 1 is 1.24 bits per heavy atom. The molecule has 0 aromatic carbocycles. The van der Waals surface area contributed by atoms with Crippen LogP contribution < -0.4 is 4.74 Å². The molecule has 2 heterocycles. The monoisotopic (exact) mass is 362 g/mol. The van der Waals surface area contributed by atoms with Gasteiger partial charge in [0.25, 0.3) is 0 Å². The van der Waals surface area contributed by atoms with Crippen molar-refractivity contribution in [2.24, 2.45) is 0 Å². The number of halogens is 1. The van der Waals surface area contributed by atoms with Crippen molar-refractivity contribution in [2.75, 3.05) is 13.7 Å². The fourth-order valence-electron chi connectivity index (χ4n) is 1.82. The van der Waals surface area contributed by atoms with Crippen LogP contribution >= 0.6 is 11.6 Å². The van der Waals surface area contributed by atoms with E-state index < -0.39 is 11.9 Å². The highest BCUT2D eigenvalue weighted by atomic mass is 35.5. The summed E-state index contributed by atoms with van der Waals surface area (Å²) in [6, 6.07) is 4.42. The van der Waals surface area contributed by atoms with Crippen molar-refractivity contribution in [3.63, 3.8) is 0 Å². The molecule has 2 aromatic heterocycles. The lowest BCUT2D eigenvalue weighted by molar-refractivity contribution is -0.137. The van der Waals surface area contributed by atoms with Crippen molar-refractivity contribution < 1.29 is 23.8 Å². The van der Waals surface area contributed by atoms with E-state index in [4.69, 9.17) is 21.1 Å². The van der Waals surface area contributed by atoms with E-state index >= 15 is 0 Å². The molecule has 0 aliphatic rings. The Morgan fingerprint density at radius 2 is 2.04 bits per heavy atom. The van der Waals surface area contributed by atoms with E-state index in [0.29, 0.717) is 17.9 Å². The van der Waals surface area contributed by atoms with Gasteiger partial charge in [-0.05, 0) is 30.7 Å². The molecule has 0 fully saturated rings. The molecule has 7 nitrogen and oxygen atoms in total. The van der Waals surface area contributed by atoms with Crippen LogP contribution in [0.15, 0.2) is 36.7 Å². The molecular weight excluding hydrogens is 348 g/mol. The highest BCUT2D eigenvalue weighted by Gasteiger charge is 2.11. The summed E-state index contributed by atoms with van der Waals surface area (Å²) < 4.78 is 15.0. The van der Waals surface area contributed by atoms with Gasteiger partial charge in [-0.15, -0.1) is 0 Å². The second-order valence-electron chi connectivity index (χ2n) is 4.65. The molecular formula is C17H15ClN2O5. The average molecular weight is 363 g/mol. The Balaban J connectivity index is 2.18. The van der Waals surface area contributed by atoms with Gasteiger partial charge in [-0.2, -0.15) is 0 Å². The van der Waals surface area contributed by atoms with E-state index in [1.165, 1.54) is 31.5 Å². The van der Waals surface area contributed by atoms with Crippen LogP contribution in [0.5, 0.6) is 11.6 Å². The Kier molecular flexibility index (Phi) is 6.47. The molecule has 0 amide bonds. The molecule has 0 saturated carbocycles. The standard InChI is InChI=1S/C17H15ClN2O5/c1-3-24-16(21)5-4-11-6-13(10-19-9-11)25-15-8-12(17(22)23-2)7-14(18)20-15/h4-10H,3H2,1-2H3/b5-4+. The van der Waals surface area contributed by atoms with Gasteiger partial charge in [-0.25, -0.2) is 14.6 Å². The Bertz CT molecular complexity index is 807. The minimum atomic E-state index is -0.557. The predicted octanol–water partition coefficient (Wildman–Crippen LogP) is 3.29. The fraction of sp³-hybridized carbons (Fsp3) is 0.176. The maximum atomic E-state index is 11.6. The number of ether oxygens (including phenoxy) is 3. The van der Waals surface area contributed by atoms with Gasteiger partial charge >= 0.3 is 11.9 Å². The van der Waals surface area contributed by atoms with Gasteiger partial charge in [0.05, 0.1) is 25.5 Å². The number of aromatic nitrogens is 2. The summed E-state index contributed by atoms with van der Waals surface area (Å²) in [5, 5.41) is 0.0872. The molecule has 0 radical (unpaired) electrons. The molecule has 0 saturated heterocycles. The van der Waals surface area contributed by atoms with Gasteiger partial charge in [0.2, 0.25) is 5.88 Å². The molecule has 0 spiro atoms. The SMILES string of the molecule is CCOC(=O)/C=C/c1cncc(Oc2cc(C(=O)OC)cc(Cl)n2)c1. The first-order valence-electron chi connectivity index (χ1n) is 7.25. The van der Waals surface area contributed by atoms with Gasteiger partial charge in [0, 0.05) is 18.3 Å². The van der Waals surface area contributed by atoms with Crippen molar-refractivity contribution in [1.29, 1.82) is 0 Å². The smallest absolute Gasteiger partial charge is 0.338 e. The third kappa shape index (κ3) is 5.58. The van der Waals surface area contributed by atoms with Crippen LogP contribution in [0.25, 0.3) is 6.08 Å². The largest absolute Gasteiger partial charge is 0.465 e. The van der Waals surface area contributed by atoms with Crippen molar-refractivity contribution >= 4 is 29.6 Å². The number of carbonyl (C=O) groups excluding carboxylic acids is 2. The molecule has 0 unspecified atom stereocenters. The number of pyridine rings is 2. The molecule has 25 heavy (non-hydrogen) atoms. The summed E-state index contributed by atoms with van der Waals surface area (Å²) >= 11 is 5.89. The normalized spacial score (nSPS) is 10.5.